The van der Waals surface area contributed by atoms with Crippen molar-refractivity contribution in [3.63, 3.8) is 0 Å². The van der Waals surface area contributed by atoms with E-state index in [0.29, 0.717) is 10.9 Å². The zero-order valence-electron chi connectivity index (χ0n) is 10.2. The molecule has 18 heavy (non-hydrogen) atoms. The Morgan fingerprint density at radius 1 is 1.22 bits per heavy atom. The van der Waals surface area contributed by atoms with Crippen LogP contribution in [0.5, 0.6) is 0 Å². The summed E-state index contributed by atoms with van der Waals surface area (Å²) in [5.41, 5.74) is 0.642. The van der Waals surface area contributed by atoms with Crippen LogP contribution >= 0.6 is 11.8 Å². The number of thioether (sulfide) groups is 1. The number of amides is 1. The first-order chi connectivity index (χ1) is 8.47. The third kappa shape index (κ3) is 5.54. The predicted octanol–water partition coefficient (Wildman–Crippen LogP) is 2.77. The molecule has 0 aliphatic heterocycles. The van der Waals surface area contributed by atoms with Crippen molar-refractivity contribution >= 4 is 29.3 Å². The molecule has 0 aliphatic rings. The third-order valence-electron chi connectivity index (χ3n) is 1.87. The smallest absolute Gasteiger partial charge is 0.328 e. The fourth-order valence-electron chi connectivity index (χ4n) is 1.22. The highest BCUT2D eigenvalue weighted by molar-refractivity contribution is 7.99. The van der Waals surface area contributed by atoms with Gasteiger partial charge in [-0.15, -0.1) is 11.8 Å². The van der Waals surface area contributed by atoms with Crippen molar-refractivity contribution in [3.05, 3.63) is 36.4 Å². The summed E-state index contributed by atoms with van der Waals surface area (Å²) in [7, 11) is 0. The Bertz CT molecular complexity index is 452. The van der Waals surface area contributed by atoms with Gasteiger partial charge in [0.15, 0.2) is 0 Å². The summed E-state index contributed by atoms with van der Waals surface area (Å²) in [6.07, 6.45) is 1.79. The maximum Gasteiger partial charge on any atom is 0.328 e. The average Bonchev–Trinajstić information content (AvgIpc) is 2.28. The molecule has 1 rings (SSSR count). The maximum absolute atomic E-state index is 11.3. The zero-order valence-corrected chi connectivity index (χ0v) is 11.0. The molecule has 1 aromatic carbocycles. The second kappa shape index (κ2) is 6.86. The van der Waals surface area contributed by atoms with Crippen LogP contribution in [-0.4, -0.2) is 22.2 Å². The molecule has 0 aromatic heterocycles. The molecule has 0 heterocycles. The Hall–Kier alpha value is -1.75. The Balaban J connectivity index is 2.58. The van der Waals surface area contributed by atoms with Crippen LogP contribution in [0.1, 0.15) is 13.8 Å². The van der Waals surface area contributed by atoms with Gasteiger partial charge in [0.25, 0.3) is 0 Å². The number of anilines is 1. The molecule has 2 N–H and O–H groups in total. The summed E-state index contributed by atoms with van der Waals surface area (Å²) in [6, 6.07) is 7.41. The van der Waals surface area contributed by atoms with Crippen molar-refractivity contribution in [2.24, 2.45) is 0 Å². The van der Waals surface area contributed by atoms with Crippen molar-refractivity contribution in [3.8, 4) is 0 Å². The van der Waals surface area contributed by atoms with E-state index >= 15 is 0 Å². The van der Waals surface area contributed by atoms with E-state index in [-0.39, 0.29) is 0 Å². The number of hydrogen-bond donors (Lipinski definition) is 2. The Morgan fingerprint density at radius 2 is 1.83 bits per heavy atom. The summed E-state index contributed by atoms with van der Waals surface area (Å²) in [5, 5.41) is 11.5. The van der Waals surface area contributed by atoms with Crippen LogP contribution in [0.25, 0.3) is 0 Å². The van der Waals surface area contributed by atoms with E-state index < -0.39 is 11.9 Å². The van der Waals surface area contributed by atoms with Crippen molar-refractivity contribution in [1.82, 2.24) is 0 Å². The number of rotatable bonds is 5. The van der Waals surface area contributed by atoms with Gasteiger partial charge in [0.1, 0.15) is 0 Å². The Labute approximate surface area is 110 Å². The summed E-state index contributed by atoms with van der Waals surface area (Å²) in [5.74, 6) is -1.60. The molecule has 0 spiro atoms. The highest BCUT2D eigenvalue weighted by Gasteiger charge is 2.01. The minimum atomic E-state index is -1.14. The van der Waals surface area contributed by atoms with Crippen molar-refractivity contribution in [2.75, 3.05) is 5.32 Å². The molecule has 0 atom stereocenters. The van der Waals surface area contributed by atoms with Gasteiger partial charge in [-0.3, -0.25) is 4.79 Å². The first kappa shape index (κ1) is 14.3. The molecule has 0 saturated carbocycles. The molecule has 4 nitrogen and oxygen atoms in total. The minimum absolute atomic E-state index is 0.457. The summed E-state index contributed by atoms with van der Waals surface area (Å²) < 4.78 is 0. The standard InChI is InChI=1S/C13H15NO3S/c1-9(2)18-11-5-3-10(4-6-11)14-12(15)7-8-13(16)17/h3-9H,1-2H3,(H,14,15)(H,16,17)/b8-7+. The lowest BCUT2D eigenvalue weighted by Crippen LogP contribution is -2.08. The fourth-order valence-corrected chi connectivity index (χ4v) is 2.06. The van der Waals surface area contributed by atoms with Crippen molar-refractivity contribution < 1.29 is 14.7 Å². The second-order valence-corrected chi connectivity index (χ2v) is 5.50. The topological polar surface area (TPSA) is 66.4 Å². The first-order valence-corrected chi connectivity index (χ1v) is 6.34. The van der Waals surface area contributed by atoms with E-state index in [1.54, 1.807) is 23.9 Å². The SMILES string of the molecule is CC(C)Sc1ccc(NC(=O)/C=C/C(=O)O)cc1. The van der Waals surface area contributed by atoms with E-state index in [9.17, 15) is 9.59 Å². The number of carboxylic acid groups (broad SMARTS) is 1. The van der Waals surface area contributed by atoms with Gasteiger partial charge >= 0.3 is 5.97 Å². The first-order valence-electron chi connectivity index (χ1n) is 5.46. The lowest BCUT2D eigenvalue weighted by atomic mass is 10.3. The van der Waals surface area contributed by atoms with Gasteiger partial charge in [-0.05, 0) is 24.3 Å². The number of carbonyl (C=O) groups excluding carboxylic acids is 1. The average molecular weight is 265 g/mol. The lowest BCUT2D eigenvalue weighted by molar-refractivity contribution is -0.131. The predicted molar refractivity (Wildman–Crippen MR) is 72.8 cm³/mol. The molecule has 96 valence electrons. The Kier molecular flexibility index (Phi) is 5.45. The summed E-state index contributed by atoms with van der Waals surface area (Å²) in [6.45, 7) is 4.22. The van der Waals surface area contributed by atoms with Gasteiger partial charge in [-0.25, -0.2) is 4.79 Å². The number of carboxylic acids is 1. The number of benzene rings is 1. The van der Waals surface area contributed by atoms with Gasteiger partial charge in [0.05, 0.1) is 0 Å². The van der Waals surface area contributed by atoms with E-state index in [0.717, 1.165) is 17.0 Å². The van der Waals surface area contributed by atoms with E-state index in [4.69, 9.17) is 5.11 Å². The van der Waals surface area contributed by atoms with E-state index in [1.165, 1.54) is 0 Å². The molecule has 1 aromatic rings. The molecule has 1 amide bonds. The van der Waals surface area contributed by atoms with Crippen LogP contribution in [-0.2, 0) is 9.59 Å². The molecular formula is C13H15NO3S. The number of aliphatic carboxylic acids is 1. The van der Waals surface area contributed by atoms with Gasteiger partial charge in [0, 0.05) is 28.0 Å². The van der Waals surface area contributed by atoms with Crippen LogP contribution in [0.4, 0.5) is 5.69 Å². The third-order valence-corrected chi connectivity index (χ3v) is 2.89. The largest absolute Gasteiger partial charge is 0.478 e. The van der Waals surface area contributed by atoms with Crippen LogP contribution in [0.3, 0.4) is 0 Å². The molecule has 0 bridgehead atoms. The van der Waals surface area contributed by atoms with Gasteiger partial charge in [-0.1, -0.05) is 13.8 Å². The van der Waals surface area contributed by atoms with E-state index in [1.807, 2.05) is 12.1 Å². The van der Waals surface area contributed by atoms with Crippen LogP contribution in [0.2, 0.25) is 0 Å². The quantitative estimate of drug-likeness (QED) is 0.634. The molecule has 5 heteroatoms. The molecule has 0 saturated heterocycles. The van der Waals surface area contributed by atoms with Crippen molar-refractivity contribution in [1.29, 1.82) is 0 Å². The number of carbonyl (C=O) groups is 2. The van der Waals surface area contributed by atoms with Crippen LogP contribution in [0, 0.1) is 0 Å². The molecule has 0 fully saturated rings. The summed E-state index contributed by atoms with van der Waals surface area (Å²) in [4.78, 5) is 22.7. The molecule has 0 aliphatic carbocycles. The molecular weight excluding hydrogens is 250 g/mol. The summed E-state index contributed by atoms with van der Waals surface area (Å²) >= 11 is 1.74. The van der Waals surface area contributed by atoms with Gasteiger partial charge < -0.3 is 10.4 Å². The van der Waals surface area contributed by atoms with Crippen LogP contribution < -0.4 is 5.32 Å². The van der Waals surface area contributed by atoms with Crippen LogP contribution in [0.15, 0.2) is 41.3 Å². The molecule has 0 radical (unpaired) electrons. The highest BCUT2D eigenvalue weighted by atomic mass is 32.2. The number of hydrogen-bond acceptors (Lipinski definition) is 3. The number of nitrogens with one attached hydrogen (secondary N) is 1. The minimum Gasteiger partial charge on any atom is -0.478 e. The Morgan fingerprint density at radius 3 is 2.33 bits per heavy atom. The van der Waals surface area contributed by atoms with E-state index in [2.05, 4.69) is 19.2 Å². The second-order valence-electron chi connectivity index (χ2n) is 3.85. The molecule has 0 unspecified atom stereocenters. The monoisotopic (exact) mass is 265 g/mol. The van der Waals surface area contributed by atoms with Crippen molar-refractivity contribution in [2.45, 2.75) is 24.0 Å². The van der Waals surface area contributed by atoms with Gasteiger partial charge in [0.2, 0.25) is 5.91 Å². The lowest BCUT2D eigenvalue weighted by Gasteiger charge is -2.06. The zero-order chi connectivity index (χ0) is 13.5. The maximum atomic E-state index is 11.3. The fraction of sp³-hybridized carbons (Fsp3) is 0.231. The normalized spacial score (nSPS) is 10.8. The highest BCUT2D eigenvalue weighted by Crippen LogP contribution is 2.24. The van der Waals surface area contributed by atoms with Gasteiger partial charge in [-0.2, -0.15) is 0 Å².